The fourth-order valence-electron chi connectivity index (χ4n) is 4.01. The number of ether oxygens (including phenoxy) is 1. The molecule has 0 fully saturated rings. The maximum atomic E-state index is 13.3. The molecule has 1 aliphatic heterocycles. The normalized spacial score (nSPS) is 15.7. The molecule has 2 heterocycles. The van der Waals surface area contributed by atoms with Gasteiger partial charge >= 0.3 is 0 Å². The Morgan fingerprint density at radius 2 is 1.84 bits per heavy atom. The molecule has 7 heteroatoms. The van der Waals surface area contributed by atoms with E-state index >= 15 is 0 Å². The third kappa shape index (κ3) is 3.62. The number of nitrogens with zero attached hydrogens (tertiary/aromatic N) is 2. The molecular formula is C25H20FN3O3. The lowest BCUT2D eigenvalue weighted by Crippen LogP contribution is -2.31. The number of para-hydroxylation sites is 1. The van der Waals surface area contributed by atoms with Crippen LogP contribution < -0.4 is 15.6 Å². The van der Waals surface area contributed by atoms with Gasteiger partial charge in [-0.15, -0.1) is 0 Å². The molecule has 5 rings (SSSR count). The topological polar surface area (TPSA) is 73.2 Å². The molecule has 1 aliphatic rings. The number of carbonyl (C=O) groups is 1. The SMILES string of the molecule is Cc1nc2ccc(O[C@H]3CCc4ccccc4NC3=O)cc2c(=O)n1-c1ccc(F)cc1. The lowest BCUT2D eigenvalue weighted by Gasteiger charge is -2.17. The summed E-state index contributed by atoms with van der Waals surface area (Å²) in [6, 6.07) is 18.4. The van der Waals surface area contributed by atoms with Crippen LogP contribution in [0.5, 0.6) is 5.75 Å². The van der Waals surface area contributed by atoms with Crippen LogP contribution in [-0.4, -0.2) is 21.6 Å². The fourth-order valence-corrected chi connectivity index (χ4v) is 4.01. The summed E-state index contributed by atoms with van der Waals surface area (Å²) in [7, 11) is 0. The van der Waals surface area contributed by atoms with Crippen LogP contribution in [-0.2, 0) is 11.2 Å². The number of aromatic nitrogens is 2. The van der Waals surface area contributed by atoms with Gasteiger partial charge in [-0.25, -0.2) is 9.37 Å². The summed E-state index contributed by atoms with van der Waals surface area (Å²) < 4.78 is 20.8. The zero-order valence-corrected chi connectivity index (χ0v) is 17.3. The molecule has 160 valence electrons. The van der Waals surface area contributed by atoms with Gasteiger partial charge in [0.05, 0.1) is 16.6 Å². The Hall–Kier alpha value is -4.00. The first-order valence-corrected chi connectivity index (χ1v) is 10.3. The minimum absolute atomic E-state index is 0.221. The van der Waals surface area contributed by atoms with Crippen LogP contribution in [0.1, 0.15) is 17.8 Å². The van der Waals surface area contributed by atoms with Gasteiger partial charge in [-0.05, 0) is 73.9 Å². The van der Waals surface area contributed by atoms with Crippen molar-refractivity contribution in [2.24, 2.45) is 0 Å². The number of hydrogen-bond acceptors (Lipinski definition) is 4. The first-order chi connectivity index (χ1) is 15.5. The quantitative estimate of drug-likeness (QED) is 0.531. The Morgan fingerprint density at radius 1 is 1.06 bits per heavy atom. The minimum Gasteiger partial charge on any atom is -0.481 e. The predicted octanol–water partition coefficient (Wildman–Crippen LogP) is 4.17. The van der Waals surface area contributed by atoms with Crippen molar-refractivity contribution in [3.63, 3.8) is 0 Å². The van der Waals surface area contributed by atoms with E-state index in [1.54, 1.807) is 25.1 Å². The molecule has 1 amide bonds. The van der Waals surface area contributed by atoms with Crippen molar-refractivity contribution in [2.75, 3.05) is 5.32 Å². The summed E-state index contributed by atoms with van der Waals surface area (Å²) in [5.74, 6) is 0.300. The van der Waals surface area contributed by atoms with Crippen LogP contribution in [0.15, 0.2) is 71.5 Å². The third-order valence-corrected chi connectivity index (χ3v) is 5.61. The van der Waals surface area contributed by atoms with Gasteiger partial charge in [0, 0.05) is 5.69 Å². The molecule has 4 aromatic rings. The largest absolute Gasteiger partial charge is 0.481 e. The van der Waals surface area contributed by atoms with Gasteiger partial charge in [-0.1, -0.05) is 18.2 Å². The second-order valence-corrected chi connectivity index (χ2v) is 7.75. The van der Waals surface area contributed by atoms with E-state index in [0.29, 0.717) is 41.0 Å². The van der Waals surface area contributed by atoms with E-state index in [1.165, 1.54) is 28.8 Å². The molecule has 0 spiro atoms. The molecule has 0 saturated carbocycles. The van der Waals surface area contributed by atoms with Crippen molar-refractivity contribution in [3.05, 3.63) is 94.3 Å². The smallest absolute Gasteiger partial charge is 0.266 e. The van der Waals surface area contributed by atoms with Crippen molar-refractivity contribution in [2.45, 2.75) is 25.9 Å². The number of fused-ring (bicyclic) bond motifs is 2. The van der Waals surface area contributed by atoms with E-state index < -0.39 is 6.10 Å². The third-order valence-electron chi connectivity index (χ3n) is 5.61. The van der Waals surface area contributed by atoms with Crippen molar-refractivity contribution in [3.8, 4) is 11.4 Å². The Labute approximate surface area is 183 Å². The molecule has 1 aromatic heterocycles. The summed E-state index contributed by atoms with van der Waals surface area (Å²) in [6.07, 6.45) is 0.538. The Morgan fingerprint density at radius 3 is 2.66 bits per heavy atom. The van der Waals surface area contributed by atoms with Crippen LogP contribution in [0.3, 0.4) is 0 Å². The Kier molecular flexibility index (Phi) is 4.93. The van der Waals surface area contributed by atoms with Crippen LogP contribution in [0, 0.1) is 12.7 Å². The molecule has 3 aromatic carbocycles. The van der Waals surface area contributed by atoms with Gasteiger partial charge in [-0.2, -0.15) is 0 Å². The van der Waals surface area contributed by atoms with Gasteiger partial charge in [0.2, 0.25) is 0 Å². The average Bonchev–Trinajstić information content (AvgIpc) is 2.94. The summed E-state index contributed by atoms with van der Waals surface area (Å²) in [5, 5.41) is 3.27. The Balaban J connectivity index is 1.49. The number of aryl methyl sites for hydroxylation is 2. The minimum atomic E-state index is -0.683. The monoisotopic (exact) mass is 429 g/mol. The zero-order chi connectivity index (χ0) is 22.2. The van der Waals surface area contributed by atoms with Crippen molar-refractivity contribution in [1.82, 2.24) is 9.55 Å². The van der Waals surface area contributed by atoms with Crippen LogP contribution in [0.25, 0.3) is 16.6 Å². The molecule has 1 N–H and O–H groups in total. The highest BCUT2D eigenvalue weighted by Gasteiger charge is 2.25. The fraction of sp³-hybridized carbons (Fsp3) is 0.160. The maximum Gasteiger partial charge on any atom is 0.266 e. The highest BCUT2D eigenvalue weighted by molar-refractivity contribution is 5.96. The van der Waals surface area contributed by atoms with E-state index in [0.717, 1.165) is 11.3 Å². The average molecular weight is 429 g/mol. The number of anilines is 1. The van der Waals surface area contributed by atoms with E-state index in [2.05, 4.69) is 10.3 Å². The molecule has 6 nitrogen and oxygen atoms in total. The molecule has 0 unspecified atom stereocenters. The first kappa shape index (κ1) is 19.9. The molecule has 0 radical (unpaired) electrons. The standard InChI is InChI=1S/C25H20FN3O3/c1-15-27-22-12-11-19(14-20(22)25(31)29(15)18-9-7-17(26)8-10-18)32-23-13-6-16-4-2-3-5-21(16)28-24(23)30/h2-5,7-12,14,23H,6,13H2,1H3,(H,28,30)/t23-/m0/s1. The van der Waals surface area contributed by atoms with E-state index in [-0.39, 0.29) is 17.3 Å². The molecule has 0 saturated heterocycles. The summed E-state index contributed by atoms with van der Waals surface area (Å²) in [4.78, 5) is 30.4. The summed E-state index contributed by atoms with van der Waals surface area (Å²) in [5.41, 5.74) is 2.62. The molecule has 32 heavy (non-hydrogen) atoms. The molecule has 0 bridgehead atoms. The van der Waals surface area contributed by atoms with Gasteiger partial charge in [-0.3, -0.25) is 14.2 Å². The number of amides is 1. The van der Waals surface area contributed by atoms with Crippen molar-refractivity contribution >= 4 is 22.5 Å². The number of hydrogen-bond donors (Lipinski definition) is 1. The maximum absolute atomic E-state index is 13.3. The van der Waals surface area contributed by atoms with Gasteiger partial charge in [0.25, 0.3) is 11.5 Å². The van der Waals surface area contributed by atoms with E-state index in [4.69, 9.17) is 4.74 Å². The van der Waals surface area contributed by atoms with Crippen molar-refractivity contribution in [1.29, 1.82) is 0 Å². The zero-order valence-electron chi connectivity index (χ0n) is 17.3. The van der Waals surface area contributed by atoms with Gasteiger partial charge < -0.3 is 10.1 Å². The molecule has 1 atom stereocenters. The Bertz CT molecular complexity index is 1400. The lowest BCUT2D eigenvalue weighted by molar-refractivity contribution is -0.122. The molecule has 0 aliphatic carbocycles. The second-order valence-electron chi connectivity index (χ2n) is 7.75. The van der Waals surface area contributed by atoms with Crippen molar-refractivity contribution < 1.29 is 13.9 Å². The highest BCUT2D eigenvalue weighted by atomic mass is 19.1. The van der Waals surface area contributed by atoms with Gasteiger partial charge in [0.15, 0.2) is 6.10 Å². The molecular weight excluding hydrogens is 409 g/mol. The second kappa shape index (κ2) is 7.92. The number of nitrogens with one attached hydrogen (secondary N) is 1. The van der Waals surface area contributed by atoms with Crippen LogP contribution >= 0.6 is 0 Å². The van der Waals surface area contributed by atoms with E-state index in [9.17, 15) is 14.0 Å². The lowest BCUT2D eigenvalue weighted by atomic mass is 10.1. The van der Waals surface area contributed by atoms with E-state index in [1.807, 2.05) is 24.3 Å². The number of benzene rings is 3. The number of rotatable bonds is 3. The number of halogens is 1. The predicted molar refractivity (Wildman–Crippen MR) is 120 cm³/mol. The summed E-state index contributed by atoms with van der Waals surface area (Å²) >= 11 is 0. The number of carbonyl (C=O) groups excluding carboxylic acids is 1. The van der Waals surface area contributed by atoms with Crippen LogP contribution in [0.4, 0.5) is 10.1 Å². The highest BCUT2D eigenvalue weighted by Crippen LogP contribution is 2.25. The van der Waals surface area contributed by atoms with Gasteiger partial charge in [0.1, 0.15) is 17.4 Å². The van der Waals surface area contributed by atoms with Crippen LogP contribution in [0.2, 0.25) is 0 Å². The first-order valence-electron chi connectivity index (χ1n) is 10.3. The summed E-state index contributed by atoms with van der Waals surface area (Å²) in [6.45, 7) is 1.72.